The number of amides is 1. The predicted molar refractivity (Wildman–Crippen MR) is 122 cm³/mol. The van der Waals surface area contributed by atoms with E-state index >= 15 is 0 Å². The third-order valence-electron chi connectivity index (χ3n) is 5.29. The van der Waals surface area contributed by atoms with E-state index in [0.29, 0.717) is 23.6 Å². The van der Waals surface area contributed by atoms with Gasteiger partial charge in [0, 0.05) is 5.56 Å². The van der Waals surface area contributed by atoms with Crippen LogP contribution in [0.2, 0.25) is 0 Å². The molecular formula is C24H25N5O3. The number of hydrogen-bond acceptors (Lipinski definition) is 5. The van der Waals surface area contributed by atoms with E-state index in [1.165, 1.54) is 0 Å². The number of nitrogens with one attached hydrogen (secondary N) is 2. The predicted octanol–water partition coefficient (Wildman–Crippen LogP) is 4.21. The van der Waals surface area contributed by atoms with Crippen LogP contribution in [0.3, 0.4) is 0 Å². The largest absolute Gasteiger partial charge is 0.497 e. The SMILES string of the molecule is COc1ccc(-c2cc(C(=O)Nc3c(C)nn(Cc4cccc(OC)c4)c3C)[nH]n2)cc1. The Morgan fingerprint density at radius 3 is 2.50 bits per heavy atom. The summed E-state index contributed by atoms with van der Waals surface area (Å²) in [5.74, 6) is 1.29. The standard InChI is InChI=1S/C24H25N5O3/c1-15-23(16(2)29(28-15)14-17-6-5-7-20(12-17)32-4)25-24(30)22-13-21(26-27-22)18-8-10-19(31-3)11-9-18/h5-13H,14H2,1-4H3,(H,25,30)(H,26,27). The number of H-pyrrole nitrogens is 1. The quantitative estimate of drug-likeness (QED) is 0.457. The fourth-order valence-electron chi connectivity index (χ4n) is 3.50. The molecule has 2 N–H and O–H groups in total. The van der Waals surface area contributed by atoms with Crippen LogP contribution in [0.5, 0.6) is 11.5 Å². The fourth-order valence-corrected chi connectivity index (χ4v) is 3.50. The van der Waals surface area contributed by atoms with Gasteiger partial charge in [0.25, 0.3) is 5.91 Å². The highest BCUT2D eigenvalue weighted by Crippen LogP contribution is 2.24. The zero-order chi connectivity index (χ0) is 22.7. The summed E-state index contributed by atoms with van der Waals surface area (Å²) in [6.07, 6.45) is 0. The summed E-state index contributed by atoms with van der Waals surface area (Å²) in [6, 6.07) is 17.1. The van der Waals surface area contributed by atoms with Gasteiger partial charge in [-0.1, -0.05) is 12.1 Å². The molecule has 32 heavy (non-hydrogen) atoms. The van der Waals surface area contributed by atoms with Crippen LogP contribution in [0, 0.1) is 13.8 Å². The molecule has 8 heteroatoms. The summed E-state index contributed by atoms with van der Waals surface area (Å²) in [5, 5.41) is 14.7. The Kier molecular flexibility index (Phi) is 5.93. The third-order valence-corrected chi connectivity index (χ3v) is 5.29. The van der Waals surface area contributed by atoms with Crippen molar-refractivity contribution in [2.24, 2.45) is 0 Å². The van der Waals surface area contributed by atoms with Crippen LogP contribution < -0.4 is 14.8 Å². The number of rotatable bonds is 7. The van der Waals surface area contributed by atoms with Crippen LogP contribution in [0.25, 0.3) is 11.3 Å². The van der Waals surface area contributed by atoms with Crippen molar-refractivity contribution in [3.63, 3.8) is 0 Å². The molecule has 4 rings (SSSR count). The first-order valence-electron chi connectivity index (χ1n) is 10.2. The number of aromatic nitrogens is 4. The third kappa shape index (κ3) is 4.34. The maximum atomic E-state index is 12.9. The maximum Gasteiger partial charge on any atom is 0.273 e. The lowest BCUT2D eigenvalue weighted by molar-refractivity contribution is 0.102. The number of aryl methyl sites for hydroxylation is 1. The lowest BCUT2D eigenvalue weighted by atomic mass is 10.1. The Bertz CT molecular complexity index is 1240. The second-order valence-electron chi connectivity index (χ2n) is 7.40. The van der Waals surface area contributed by atoms with Crippen molar-refractivity contribution < 1.29 is 14.3 Å². The molecule has 0 atom stereocenters. The Morgan fingerprint density at radius 1 is 1.03 bits per heavy atom. The number of aromatic amines is 1. The van der Waals surface area contributed by atoms with E-state index in [4.69, 9.17) is 9.47 Å². The minimum absolute atomic E-state index is 0.274. The van der Waals surface area contributed by atoms with Crippen LogP contribution in [0.1, 0.15) is 27.4 Å². The van der Waals surface area contributed by atoms with Gasteiger partial charge in [-0.3, -0.25) is 14.6 Å². The van der Waals surface area contributed by atoms with Crippen LogP contribution in [-0.2, 0) is 6.54 Å². The van der Waals surface area contributed by atoms with Crippen molar-refractivity contribution in [2.75, 3.05) is 19.5 Å². The first-order valence-corrected chi connectivity index (χ1v) is 10.2. The summed E-state index contributed by atoms with van der Waals surface area (Å²) < 4.78 is 12.3. The Morgan fingerprint density at radius 2 is 1.78 bits per heavy atom. The highest BCUT2D eigenvalue weighted by molar-refractivity contribution is 6.04. The second kappa shape index (κ2) is 8.97. The van der Waals surface area contributed by atoms with E-state index in [1.807, 2.05) is 67.1 Å². The molecule has 0 unspecified atom stereocenters. The van der Waals surface area contributed by atoms with Crippen molar-refractivity contribution in [1.29, 1.82) is 0 Å². The van der Waals surface area contributed by atoms with E-state index in [0.717, 1.165) is 34.0 Å². The van der Waals surface area contributed by atoms with Gasteiger partial charge in [0.15, 0.2) is 0 Å². The van der Waals surface area contributed by atoms with Gasteiger partial charge in [-0.15, -0.1) is 0 Å². The van der Waals surface area contributed by atoms with Crippen molar-refractivity contribution in [3.05, 3.63) is 77.2 Å². The summed E-state index contributed by atoms with van der Waals surface area (Å²) >= 11 is 0. The van der Waals surface area contributed by atoms with Gasteiger partial charge < -0.3 is 14.8 Å². The molecule has 0 aliphatic carbocycles. The molecule has 8 nitrogen and oxygen atoms in total. The molecule has 0 saturated carbocycles. The van der Waals surface area contributed by atoms with E-state index in [2.05, 4.69) is 20.6 Å². The molecule has 2 aromatic heterocycles. The number of anilines is 1. The Labute approximate surface area is 186 Å². The molecule has 0 bridgehead atoms. The van der Waals surface area contributed by atoms with Crippen LogP contribution in [0.4, 0.5) is 5.69 Å². The van der Waals surface area contributed by atoms with Crippen molar-refractivity contribution >= 4 is 11.6 Å². The highest BCUT2D eigenvalue weighted by atomic mass is 16.5. The first kappa shape index (κ1) is 21.2. The van der Waals surface area contributed by atoms with Crippen molar-refractivity contribution in [3.8, 4) is 22.8 Å². The summed E-state index contributed by atoms with van der Waals surface area (Å²) in [7, 11) is 3.26. The minimum atomic E-state index is -0.274. The number of methoxy groups -OCH3 is 2. The topological polar surface area (TPSA) is 94.1 Å². The summed E-state index contributed by atoms with van der Waals surface area (Å²) in [4.78, 5) is 12.9. The number of ether oxygens (including phenoxy) is 2. The minimum Gasteiger partial charge on any atom is -0.497 e. The Balaban J connectivity index is 1.50. The van der Waals surface area contributed by atoms with Crippen LogP contribution >= 0.6 is 0 Å². The lowest BCUT2D eigenvalue weighted by Crippen LogP contribution is -2.14. The molecule has 0 aliphatic heterocycles. The fraction of sp³-hybridized carbons (Fsp3) is 0.208. The maximum absolute atomic E-state index is 12.9. The average molecular weight is 431 g/mol. The van der Waals surface area contributed by atoms with Crippen molar-refractivity contribution in [1.82, 2.24) is 20.0 Å². The molecule has 0 aliphatic rings. The lowest BCUT2D eigenvalue weighted by Gasteiger charge is -2.08. The van der Waals surface area contributed by atoms with Crippen LogP contribution in [-0.4, -0.2) is 40.1 Å². The molecule has 2 heterocycles. The van der Waals surface area contributed by atoms with E-state index in [1.54, 1.807) is 20.3 Å². The average Bonchev–Trinajstić information content (AvgIpc) is 3.41. The van der Waals surface area contributed by atoms with Crippen molar-refractivity contribution in [2.45, 2.75) is 20.4 Å². The van der Waals surface area contributed by atoms with Gasteiger partial charge in [-0.25, -0.2) is 0 Å². The molecule has 0 saturated heterocycles. The first-order chi connectivity index (χ1) is 15.5. The molecule has 1 amide bonds. The smallest absolute Gasteiger partial charge is 0.273 e. The summed E-state index contributed by atoms with van der Waals surface area (Å²) in [6.45, 7) is 4.39. The van der Waals surface area contributed by atoms with Gasteiger partial charge in [0.05, 0.1) is 43.5 Å². The monoisotopic (exact) mass is 431 g/mol. The summed E-state index contributed by atoms with van der Waals surface area (Å²) in [5.41, 5.74) is 5.31. The second-order valence-corrected chi connectivity index (χ2v) is 7.40. The molecule has 0 fully saturated rings. The Hall–Kier alpha value is -4.07. The normalized spacial score (nSPS) is 10.8. The van der Waals surface area contributed by atoms with E-state index in [9.17, 15) is 4.79 Å². The molecule has 0 radical (unpaired) electrons. The molecule has 164 valence electrons. The molecule has 2 aromatic carbocycles. The number of hydrogen-bond donors (Lipinski definition) is 2. The van der Waals surface area contributed by atoms with Gasteiger partial charge in [-0.05, 0) is 61.9 Å². The highest BCUT2D eigenvalue weighted by Gasteiger charge is 2.17. The number of carbonyl (C=O) groups excluding carboxylic acids is 1. The van der Waals surface area contributed by atoms with Gasteiger partial charge in [0.2, 0.25) is 0 Å². The number of carbonyl (C=O) groups is 1. The van der Waals surface area contributed by atoms with Gasteiger partial charge in [0.1, 0.15) is 17.2 Å². The van der Waals surface area contributed by atoms with Gasteiger partial charge in [-0.2, -0.15) is 10.2 Å². The number of nitrogens with zero attached hydrogens (tertiary/aromatic N) is 3. The zero-order valence-corrected chi connectivity index (χ0v) is 18.5. The zero-order valence-electron chi connectivity index (χ0n) is 18.5. The van der Waals surface area contributed by atoms with E-state index in [-0.39, 0.29) is 5.91 Å². The van der Waals surface area contributed by atoms with Crippen LogP contribution in [0.15, 0.2) is 54.6 Å². The molecule has 0 spiro atoms. The van der Waals surface area contributed by atoms with Gasteiger partial charge >= 0.3 is 0 Å². The number of benzene rings is 2. The van der Waals surface area contributed by atoms with E-state index < -0.39 is 0 Å². The molecular weight excluding hydrogens is 406 g/mol. The molecule has 4 aromatic rings.